The summed E-state index contributed by atoms with van der Waals surface area (Å²) < 4.78 is 10.6. The summed E-state index contributed by atoms with van der Waals surface area (Å²) in [5.41, 5.74) is 2.39. The Balaban J connectivity index is 1.80. The molecular formula is C22H22N2O3S2. The van der Waals surface area contributed by atoms with Crippen molar-refractivity contribution in [2.75, 3.05) is 24.4 Å². The van der Waals surface area contributed by atoms with Gasteiger partial charge in [-0.3, -0.25) is 0 Å². The van der Waals surface area contributed by atoms with E-state index in [2.05, 4.69) is 22.8 Å². The lowest BCUT2D eigenvalue weighted by molar-refractivity contribution is 0.0528. The van der Waals surface area contributed by atoms with Crippen molar-refractivity contribution in [1.29, 1.82) is 0 Å². The number of carbonyl (C=O) groups is 1. The number of anilines is 2. The fraction of sp³-hybridized carbons (Fsp3) is 0.182. The van der Waals surface area contributed by atoms with Gasteiger partial charge in [0.25, 0.3) is 0 Å². The lowest BCUT2D eigenvalue weighted by atomic mass is 10.1. The van der Waals surface area contributed by atoms with Crippen LogP contribution in [0.4, 0.5) is 10.7 Å². The zero-order valence-corrected chi connectivity index (χ0v) is 17.9. The third kappa shape index (κ3) is 5.56. The molecule has 0 radical (unpaired) electrons. The number of thiocarbonyl (C=S) groups is 1. The Bertz CT molecular complexity index is 987. The molecule has 0 bridgehead atoms. The van der Waals surface area contributed by atoms with Gasteiger partial charge in [-0.05, 0) is 42.9 Å². The van der Waals surface area contributed by atoms with Crippen molar-refractivity contribution in [3.05, 3.63) is 76.7 Å². The number of benzene rings is 2. The van der Waals surface area contributed by atoms with Crippen LogP contribution in [0.15, 0.2) is 60.7 Å². The van der Waals surface area contributed by atoms with E-state index in [-0.39, 0.29) is 5.97 Å². The van der Waals surface area contributed by atoms with Crippen molar-refractivity contribution in [3.63, 3.8) is 0 Å². The smallest absolute Gasteiger partial charge is 0.341 e. The first-order valence-corrected chi connectivity index (χ1v) is 10.4. The maximum atomic E-state index is 12.4. The highest BCUT2D eigenvalue weighted by molar-refractivity contribution is 7.80. The quantitative estimate of drug-likeness (QED) is 0.393. The second kappa shape index (κ2) is 10.0. The molecule has 0 aliphatic rings. The summed E-state index contributed by atoms with van der Waals surface area (Å²) in [6.07, 6.45) is 0.728. The molecule has 3 aromatic rings. The summed E-state index contributed by atoms with van der Waals surface area (Å²) in [5.74, 6) is 0.309. The number of hydrogen-bond acceptors (Lipinski definition) is 5. The van der Waals surface area contributed by atoms with Crippen molar-refractivity contribution < 1.29 is 14.3 Å². The summed E-state index contributed by atoms with van der Waals surface area (Å²) in [4.78, 5) is 13.5. The predicted octanol–water partition coefficient (Wildman–Crippen LogP) is 5.33. The largest absolute Gasteiger partial charge is 0.495 e. The molecule has 1 aromatic heterocycles. The van der Waals surface area contributed by atoms with Gasteiger partial charge in [-0.25, -0.2) is 4.79 Å². The van der Waals surface area contributed by atoms with Crippen molar-refractivity contribution in [2.24, 2.45) is 0 Å². The standard InChI is InChI=1S/C22H22N2O3S2/c1-3-27-21(25)17-14-16(13-15-9-5-4-6-10-15)29-20(17)24-22(28)23-18-11-7-8-12-19(18)26-2/h4-12,14H,3,13H2,1-2H3,(H2,23,24,28). The fourth-order valence-corrected chi connectivity index (χ4v) is 4.14. The third-order valence-corrected chi connectivity index (χ3v) is 5.34. The minimum absolute atomic E-state index is 0.312. The van der Waals surface area contributed by atoms with Gasteiger partial charge in [0.1, 0.15) is 10.8 Å². The maximum absolute atomic E-state index is 12.4. The first-order valence-electron chi connectivity index (χ1n) is 9.15. The number of hydrogen-bond donors (Lipinski definition) is 2. The zero-order valence-electron chi connectivity index (χ0n) is 16.2. The molecule has 2 N–H and O–H groups in total. The van der Waals surface area contributed by atoms with E-state index in [0.717, 1.165) is 17.0 Å². The molecule has 29 heavy (non-hydrogen) atoms. The SMILES string of the molecule is CCOC(=O)c1cc(Cc2ccccc2)sc1NC(=S)Nc1ccccc1OC. The molecule has 0 aliphatic heterocycles. The predicted molar refractivity (Wildman–Crippen MR) is 122 cm³/mol. The molecule has 1 heterocycles. The number of esters is 1. The summed E-state index contributed by atoms with van der Waals surface area (Å²) in [7, 11) is 1.60. The molecule has 0 saturated carbocycles. The number of carbonyl (C=O) groups excluding carboxylic acids is 1. The number of nitrogens with one attached hydrogen (secondary N) is 2. The second-order valence-electron chi connectivity index (χ2n) is 6.12. The van der Waals surface area contributed by atoms with Crippen molar-refractivity contribution in [1.82, 2.24) is 0 Å². The van der Waals surface area contributed by atoms with Crippen LogP contribution in [0.2, 0.25) is 0 Å². The summed E-state index contributed by atoms with van der Waals surface area (Å²) in [6, 6.07) is 19.5. The van der Waals surface area contributed by atoms with Gasteiger partial charge >= 0.3 is 5.97 Å². The van der Waals surface area contributed by atoms with Gasteiger partial charge in [0.15, 0.2) is 5.11 Å². The van der Waals surface area contributed by atoms with Gasteiger partial charge in [-0.2, -0.15) is 0 Å². The Morgan fingerprint density at radius 2 is 1.79 bits per heavy atom. The minimum Gasteiger partial charge on any atom is -0.495 e. The normalized spacial score (nSPS) is 10.3. The summed E-state index contributed by atoms with van der Waals surface area (Å²) in [6.45, 7) is 2.10. The third-order valence-electron chi connectivity index (χ3n) is 4.08. The average Bonchev–Trinajstić information content (AvgIpc) is 3.11. The first-order chi connectivity index (χ1) is 14.1. The molecule has 2 aromatic carbocycles. The van der Waals surface area contributed by atoms with Crippen molar-refractivity contribution in [2.45, 2.75) is 13.3 Å². The zero-order chi connectivity index (χ0) is 20.6. The number of para-hydroxylation sites is 2. The van der Waals surface area contributed by atoms with Crippen LogP contribution in [0.5, 0.6) is 5.75 Å². The Hall–Kier alpha value is -2.90. The van der Waals surface area contributed by atoms with Gasteiger partial charge < -0.3 is 20.1 Å². The summed E-state index contributed by atoms with van der Waals surface area (Å²) >= 11 is 6.94. The highest BCUT2D eigenvalue weighted by atomic mass is 32.1. The molecule has 5 nitrogen and oxygen atoms in total. The monoisotopic (exact) mass is 426 g/mol. The van der Waals surface area contributed by atoms with Gasteiger partial charge in [-0.1, -0.05) is 42.5 Å². The van der Waals surface area contributed by atoms with Crippen LogP contribution in [-0.4, -0.2) is 24.8 Å². The fourth-order valence-electron chi connectivity index (χ4n) is 2.78. The molecule has 0 saturated heterocycles. The molecule has 0 amide bonds. The van der Waals surface area contributed by atoms with Crippen LogP contribution in [0.1, 0.15) is 27.7 Å². The Morgan fingerprint density at radius 1 is 1.07 bits per heavy atom. The van der Waals surface area contributed by atoms with Crippen LogP contribution in [0.25, 0.3) is 0 Å². The number of thiophene rings is 1. The van der Waals surface area contributed by atoms with Crippen LogP contribution in [0.3, 0.4) is 0 Å². The number of rotatable bonds is 7. The molecule has 7 heteroatoms. The van der Waals surface area contributed by atoms with E-state index in [1.165, 1.54) is 16.9 Å². The van der Waals surface area contributed by atoms with E-state index in [0.29, 0.717) is 28.0 Å². The average molecular weight is 427 g/mol. The van der Waals surface area contributed by atoms with E-state index in [1.807, 2.05) is 48.5 Å². The van der Waals surface area contributed by atoms with Crippen molar-refractivity contribution in [3.8, 4) is 5.75 Å². The highest BCUT2D eigenvalue weighted by Gasteiger charge is 2.19. The molecule has 0 unspecified atom stereocenters. The Labute approximate surface area is 179 Å². The molecule has 0 atom stereocenters. The number of methoxy groups -OCH3 is 1. The first kappa shape index (κ1) is 20.8. The Kier molecular flexibility index (Phi) is 7.21. The van der Waals surface area contributed by atoms with Crippen LogP contribution >= 0.6 is 23.6 Å². The Morgan fingerprint density at radius 3 is 2.52 bits per heavy atom. The van der Waals surface area contributed by atoms with Gasteiger partial charge in [0.2, 0.25) is 0 Å². The lowest BCUT2D eigenvalue weighted by Gasteiger charge is -2.13. The minimum atomic E-state index is -0.370. The van der Waals surface area contributed by atoms with Crippen LogP contribution in [-0.2, 0) is 11.2 Å². The molecule has 0 spiro atoms. The maximum Gasteiger partial charge on any atom is 0.341 e. The van der Waals surface area contributed by atoms with Crippen LogP contribution in [0, 0.1) is 0 Å². The van der Waals surface area contributed by atoms with E-state index in [4.69, 9.17) is 21.7 Å². The molecule has 150 valence electrons. The van der Waals surface area contributed by atoms with Gasteiger partial charge in [-0.15, -0.1) is 11.3 Å². The van der Waals surface area contributed by atoms with Crippen LogP contribution < -0.4 is 15.4 Å². The van der Waals surface area contributed by atoms with Gasteiger partial charge in [0.05, 0.1) is 25.0 Å². The molecular weight excluding hydrogens is 404 g/mol. The van der Waals surface area contributed by atoms with E-state index in [9.17, 15) is 4.79 Å². The van der Waals surface area contributed by atoms with E-state index >= 15 is 0 Å². The van der Waals surface area contributed by atoms with E-state index in [1.54, 1.807) is 14.0 Å². The number of ether oxygens (including phenoxy) is 2. The van der Waals surface area contributed by atoms with Crippen molar-refractivity contribution >= 4 is 45.3 Å². The molecule has 0 fully saturated rings. The molecule has 3 rings (SSSR count). The van der Waals surface area contributed by atoms with E-state index < -0.39 is 0 Å². The lowest BCUT2D eigenvalue weighted by Crippen LogP contribution is -2.20. The topological polar surface area (TPSA) is 59.6 Å². The second-order valence-corrected chi connectivity index (χ2v) is 7.66. The van der Waals surface area contributed by atoms with Gasteiger partial charge in [0, 0.05) is 11.3 Å². The molecule has 0 aliphatic carbocycles. The summed E-state index contributed by atoms with van der Waals surface area (Å²) in [5, 5.41) is 7.28. The highest BCUT2D eigenvalue weighted by Crippen LogP contribution is 2.31.